The molecule has 4 aromatic rings. The molecular formula is C29H34N8O5. The number of hydrogen-bond donors (Lipinski definition) is 8. The van der Waals surface area contributed by atoms with Crippen LogP contribution in [0.2, 0.25) is 0 Å². The van der Waals surface area contributed by atoms with E-state index in [0.717, 1.165) is 22.0 Å². The van der Waals surface area contributed by atoms with Crippen LogP contribution in [0.3, 0.4) is 0 Å². The molecule has 2 aliphatic carbocycles. The number of aliphatic hydroxyl groups is 2. The van der Waals surface area contributed by atoms with Crippen molar-refractivity contribution in [1.82, 2.24) is 30.9 Å². The van der Waals surface area contributed by atoms with E-state index in [1.54, 1.807) is 12.1 Å². The fourth-order valence-corrected chi connectivity index (χ4v) is 7.22. The van der Waals surface area contributed by atoms with Crippen LogP contribution in [-0.2, 0) is 22.4 Å². The van der Waals surface area contributed by atoms with Gasteiger partial charge in [0.05, 0.1) is 24.2 Å². The molecule has 5 unspecified atom stereocenters. The highest BCUT2D eigenvalue weighted by molar-refractivity contribution is 5.85. The van der Waals surface area contributed by atoms with Gasteiger partial charge in [0.15, 0.2) is 0 Å². The van der Waals surface area contributed by atoms with Crippen molar-refractivity contribution >= 4 is 28.7 Å². The molecule has 2 saturated carbocycles. The summed E-state index contributed by atoms with van der Waals surface area (Å²) in [6.07, 6.45) is 0.783. The Morgan fingerprint density at radius 3 is 2.62 bits per heavy atom. The van der Waals surface area contributed by atoms with Crippen LogP contribution in [0.4, 0.5) is 5.95 Å². The topological polar surface area (TPSA) is 215 Å². The molecule has 2 bridgehead atoms. The number of rotatable bonds is 11. The predicted molar refractivity (Wildman–Crippen MR) is 152 cm³/mol. The van der Waals surface area contributed by atoms with Crippen molar-refractivity contribution in [2.75, 3.05) is 11.9 Å². The smallest absolute Gasteiger partial charge is 0.263 e. The lowest BCUT2D eigenvalue weighted by atomic mass is 9.62. The minimum Gasteiger partial charge on any atom is -0.508 e. The average Bonchev–Trinajstić information content (AvgIpc) is 3.77. The fourth-order valence-electron chi connectivity index (χ4n) is 7.22. The van der Waals surface area contributed by atoms with E-state index >= 15 is 0 Å². The van der Waals surface area contributed by atoms with Crippen LogP contribution in [0.1, 0.15) is 24.0 Å². The number of aliphatic hydroxyl groups excluding tert-OH is 2. The number of amides is 2. The Balaban J connectivity index is 1.34. The number of phenols is 1. The number of phenolic OH excluding ortho intramolecular Hbond substituents is 1. The van der Waals surface area contributed by atoms with Crippen LogP contribution < -0.4 is 16.4 Å². The molecule has 220 valence electrons. The maximum absolute atomic E-state index is 14.4. The molecule has 2 aromatic carbocycles. The molecule has 2 aliphatic rings. The lowest BCUT2D eigenvalue weighted by Crippen LogP contribution is -2.58. The third-order valence-electron chi connectivity index (χ3n) is 9.18. The number of carbonyl (C=O) groups excluding carboxylic acids is 2. The van der Waals surface area contributed by atoms with Crippen LogP contribution in [0.5, 0.6) is 5.75 Å². The first-order valence-electron chi connectivity index (χ1n) is 14.0. The number of aromatic amines is 2. The molecule has 42 heavy (non-hydrogen) atoms. The third kappa shape index (κ3) is 4.94. The number of tetrazole rings is 1. The Morgan fingerprint density at radius 2 is 1.90 bits per heavy atom. The molecule has 2 aromatic heterocycles. The van der Waals surface area contributed by atoms with Gasteiger partial charge in [-0.25, -0.2) is 0 Å². The van der Waals surface area contributed by atoms with E-state index in [0.29, 0.717) is 19.3 Å². The van der Waals surface area contributed by atoms with E-state index in [4.69, 9.17) is 5.73 Å². The molecule has 7 atom stereocenters. The monoisotopic (exact) mass is 574 g/mol. The molecule has 0 aliphatic heterocycles. The van der Waals surface area contributed by atoms with Crippen molar-refractivity contribution in [1.29, 1.82) is 0 Å². The van der Waals surface area contributed by atoms with E-state index in [9.17, 15) is 24.9 Å². The Labute approximate surface area is 240 Å². The van der Waals surface area contributed by atoms with Crippen molar-refractivity contribution in [3.63, 3.8) is 0 Å². The summed E-state index contributed by atoms with van der Waals surface area (Å²) in [5, 5.41) is 53.2. The Morgan fingerprint density at radius 1 is 1.12 bits per heavy atom. The second-order valence-corrected chi connectivity index (χ2v) is 11.5. The van der Waals surface area contributed by atoms with Gasteiger partial charge in [0, 0.05) is 35.0 Å². The molecule has 0 spiro atoms. The molecule has 2 fully saturated rings. The number of para-hydroxylation sites is 1. The number of carbonyl (C=O) groups is 2. The number of aromatic nitrogens is 5. The summed E-state index contributed by atoms with van der Waals surface area (Å²) in [5.41, 5.74) is 7.29. The highest BCUT2D eigenvalue weighted by Gasteiger charge is 2.68. The molecule has 13 heteroatoms. The van der Waals surface area contributed by atoms with Crippen LogP contribution in [0.25, 0.3) is 10.9 Å². The molecule has 6 rings (SSSR count). The summed E-state index contributed by atoms with van der Waals surface area (Å²) in [7, 11) is 0. The molecule has 2 heterocycles. The van der Waals surface area contributed by atoms with E-state index < -0.39 is 41.4 Å². The highest BCUT2D eigenvalue weighted by atomic mass is 16.3. The zero-order valence-corrected chi connectivity index (χ0v) is 22.8. The number of nitrogens with zero attached hydrogens (tertiary/aromatic N) is 3. The van der Waals surface area contributed by atoms with Crippen molar-refractivity contribution < 1.29 is 24.9 Å². The molecule has 13 nitrogen and oxygen atoms in total. The Bertz CT molecular complexity index is 1560. The Kier molecular flexibility index (Phi) is 7.29. The maximum atomic E-state index is 14.4. The first-order chi connectivity index (χ1) is 20.3. The zero-order chi connectivity index (χ0) is 29.4. The summed E-state index contributed by atoms with van der Waals surface area (Å²) in [4.78, 5) is 30.3. The van der Waals surface area contributed by atoms with Gasteiger partial charge < -0.3 is 36.7 Å². The predicted octanol–water partition coefficient (Wildman–Crippen LogP) is 0.618. The summed E-state index contributed by atoms with van der Waals surface area (Å²) in [5.74, 6) is -2.63. The lowest BCUT2D eigenvalue weighted by Gasteiger charge is -2.44. The molecule has 2 amide bonds. The number of benzene rings is 2. The number of nitrogens with two attached hydrogens (primary N) is 1. The summed E-state index contributed by atoms with van der Waals surface area (Å²) < 4.78 is 0. The number of hydrogen-bond acceptors (Lipinski definition) is 9. The number of primary amides is 1. The van der Waals surface area contributed by atoms with Gasteiger partial charge in [-0.15, -0.1) is 5.10 Å². The number of nitrogens with one attached hydrogen (secondary N) is 4. The number of H-pyrrole nitrogens is 2. The fraction of sp³-hybridized carbons (Fsp3) is 0.414. The first-order valence-corrected chi connectivity index (χ1v) is 14.0. The van der Waals surface area contributed by atoms with Crippen molar-refractivity contribution in [2.24, 2.45) is 28.9 Å². The van der Waals surface area contributed by atoms with E-state index in [1.165, 1.54) is 12.1 Å². The van der Waals surface area contributed by atoms with Gasteiger partial charge in [-0.1, -0.05) is 35.4 Å². The molecule has 0 saturated heterocycles. The van der Waals surface area contributed by atoms with Crippen molar-refractivity contribution in [3.05, 3.63) is 65.9 Å². The summed E-state index contributed by atoms with van der Waals surface area (Å²) >= 11 is 0. The van der Waals surface area contributed by atoms with Gasteiger partial charge in [0.1, 0.15) is 5.75 Å². The standard InChI is InChI=1S/C29H34N8O5/c30-26(41)21-11-16-12-29(21,25(40)24(16)39)22(9-15-5-7-19(38)8-6-15)27(42)33-18(14-32-28-34-36-37-35-28)10-17-13-31-23-4-2-1-3-20(17)23/h1-8,13,16,18,21-22,24-25,31,38-40H,9-12,14H2,(H2,30,41)(H,33,42)(H2,32,34,35,36,37)/t16?,18-,21?,22+,24?,25?,29?/m0/s1. The second kappa shape index (κ2) is 11.1. The van der Waals surface area contributed by atoms with Gasteiger partial charge in [0.25, 0.3) is 5.95 Å². The maximum Gasteiger partial charge on any atom is 0.263 e. The van der Waals surface area contributed by atoms with E-state index in [2.05, 4.69) is 36.2 Å². The van der Waals surface area contributed by atoms with Crippen molar-refractivity contribution in [2.45, 2.75) is 43.9 Å². The highest BCUT2D eigenvalue weighted by Crippen LogP contribution is 2.62. The van der Waals surface area contributed by atoms with Gasteiger partial charge in [-0.3, -0.25) is 9.59 Å². The van der Waals surface area contributed by atoms with Crippen molar-refractivity contribution in [3.8, 4) is 5.75 Å². The zero-order valence-electron chi connectivity index (χ0n) is 22.8. The minimum absolute atomic E-state index is 0.0801. The lowest BCUT2D eigenvalue weighted by molar-refractivity contribution is -0.151. The second-order valence-electron chi connectivity index (χ2n) is 11.5. The number of anilines is 1. The first kappa shape index (κ1) is 27.7. The van der Waals surface area contributed by atoms with Gasteiger partial charge in [0.2, 0.25) is 11.8 Å². The van der Waals surface area contributed by atoms with E-state index in [1.807, 2.05) is 30.5 Å². The molecule has 0 radical (unpaired) electrons. The quantitative estimate of drug-likeness (QED) is 0.126. The molecular weight excluding hydrogens is 540 g/mol. The van der Waals surface area contributed by atoms with Crippen LogP contribution in [0.15, 0.2) is 54.7 Å². The van der Waals surface area contributed by atoms with Gasteiger partial charge in [-0.2, -0.15) is 5.21 Å². The van der Waals surface area contributed by atoms with Gasteiger partial charge in [-0.05, 0) is 66.1 Å². The minimum atomic E-state index is -1.30. The van der Waals surface area contributed by atoms with Crippen LogP contribution >= 0.6 is 0 Å². The summed E-state index contributed by atoms with van der Waals surface area (Å²) in [6, 6.07) is 13.9. The number of fused-ring (bicyclic) bond motifs is 3. The van der Waals surface area contributed by atoms with Crippen LogP contribution in [-0.4, -0.2) is 77.5 Å². The largest absolute Gasteiger partial charge is 0.508 e. The normalized spacial score (nSPS) is 26.2. The van der Waals surface area contributed by atoms with Crippen LogP contribution in [0, 0.1) is 23.2 Å². The Hall–Kier alpha value is -4.49. The molecule has 9 N–H and O–H groups in total. The van der Waals surface area contributed by atoms with Gasteiger partial charge >= 0.3 is 0 Å². The third-order valence-corrected chi connectivity index (χ3v) is 9.18. The SMILES string of the molecule is NC(=O)C1CC2CC1([C@H](Cc1ccc(O)cc1)C(=O)N[C@H](CNc1nn[nH]n1)Cc1c[nH]c3ccccc13)C(O)C2O. The average molecular weight is 575 g/mol. The summed E-state index contributed by atoms with van der Waals surface area (Å²) in [6.45, 7) is 0.261. The van der Waals surface area contributed by atoms with E-state index in [-0.39, 0.29) is 36.5 Å². The number of aromatic hydroxyl groups is 1.